The van der Waals surface area contributed by atoms with Gasteiger partial charge in [0.1, 0.15) is 12.1 Å². The van der Waals surface area contributed by atoms with Gasteiger partial charge in [-0.1, -0.05) is 0 Å². The molecule has 0 aliphatic carbocycles. The van der Waals surface area contributed by atoms with Gasteiger partial charge in [-0.15, -0.1) is 0 Å². The van der Waals surface area contributed by atoms with Gasteiger partial charge in [-0.25, -0.2) is 18.4 Å². The Morgan fingerprint density at radius 1 is 1.26 bits per heavy atom. The second-order valence-corrected chi connectivity index (χ2v) is 7.54. The first-order chi connectivity index (χ1) is 10.8. The van der Waals surface area contributed by atoms with Crippen LogP contribution in [0, 0.1) is 0 Å². The molecule has 0 aliphatic heterocycles. The van der Waals surface area contributed by atoms with E-state index in [9.17, 15) is 8.42 Å². The van der Waals surface area contributed by atoms with Gasteiger partial charge in [0.15, 0.2) is 9.84 Å². The number of nitrogens with zero attached hydrogens (tertiary/aromatic N) is 5. The minimum absolute atomic E-state index is 0.260. The minimum Gasteiger partial charge on any atom is -0.355 e. The summed E-state index contributed by atoms with van der Waals surface area (Å²) in [6.07, 6.45) is 6.40. The van der Waals surface area contributed by atoms with Crippen molar-refractivity contribution in [3.05, 3.63) is 42.5 Å². The zero-order valence-electron chi connectivity index (χ0n) is 13.1. The molecule has 0 aliphatic rings. The fourth-order valence-electron chi connectivity index (χ4n) is 2.46. The number of rotatable bonds is 4. The molecule has 2 heterocycles. The summed E-state index contributed by atoms with van der Waals surface area (Å²) in [5, 5.41) is 4.86. The molecular formula is C15H17N5O2S. The monoisotopic (exact) mass is 331 g/mol. The van der Waals surface area contributed by atoms with Gasteiger partial charge in [0, 0.05) is 44.0 Å². The lowest BCUT2D eigenvalue weighted by atomic mass is 10.2. The summed E-state index contributed by atoms with van der Waals surface area (Å²) in [4.78, 5) is 10.7. The third-order valence-electron chi connectivity index (χ3n) is 3.55. The van der Waals surface area contributed by atoms with Crippen LogP contribution in [-0.2, 0) is 23.4 Å². The number of hydrogen-bond donors (Lipinski definition) is 0. The molecule has 0 saturated carbocycles. The van der Waals surface area contributed by atoms with Crippen LogP contribution < -0.4 is 4.90 Å². The van der Waals surface area contributed by atoms with Crippen LogP contribution in [0.15, 0.2) is 41.8 Å². The summed E-state index contributed by atoms with van der Waals surface area (Å²) >= 11 is 0. The number of benzene rings is 1. The molecule has 0 fully saturated rings. The molecular weight excluding hydrogens is 314 g/mol. The Bertz CT molecular complexity index is 965. The van der Waals surface area contributed by atoms with Crippen molar-refractivity contribution in [2.24, 2.45) is 7.05 Å². The Labute approximate surface area is 134 Å². The molecule has 0 amide bonds. The van der Waals surface area contributed by atoms with Gasteiger partial charge >= 0.3 is 0 Å². The largest absolute Gasteiger partial charge is 0.355 e. The van der Waals surface area contributed by atoms with Crippen molar-refractivity contribution >= 4 is 26.6 Å². The minimum atomic E-state index is -3.28. The second-order valence-electron chi connectivity index (χ2n) is 5.53. The maximum atomic E-state index is 11.8. The lowest BCUT2D eigenvalue weighted by Gasteiger charge is -2.19. The van der Waals surface area contributed by atoms with Gasteiger partial charge in [-0.2, -0.15) is 5.10 Å². The van der Waals surface area contributed by atoms with Crippen LogP contribution in [-0.4, -0.2) is 41.5 Å². The van der Waals surface area contributed by atoms with Crippen molar-refractivity contribution in [2.75, 3.05) is 18.2 Å². The average Bonchev–Trinajstić information content (AvgIpc) is 2.90. The smallest absolute Gasteiger partial charge is 0.175 e. The lowest BCUT2D eigenvalue weighted by Crippen LogP contribution is -2.18. The topological polar surface area (TPSA) is 81.0 Å². The van der Waals surface area contributed by atoms with Crippen LogP contribution in [0.1, 0.15) is 5.56 Å². The number of aryl methyl sites for hydroxylation is 1. The third-order valence-corrected chi connectivity index (χ3v) is 4.66. The van der Waals surface area contributed by atoms with E-state index in [-0.39, 0.29) is 4.90 Å². The van der Waals surface area contributed by atoms with Crippen molar-refractivity contribution in [2.45, 2.75) is 11.4 Å². The highest BCUT2D eigenvalue weighted by molar-refractivity contribution is 7.90. The average molecular weight is 331 g/mol. The summed E-state index contributed by atoms with van der Waals surface area (Å²) < 4.78 is 25.3. The van der Waals surface area contributed by atoms with Crippen LogP contribution >= 0.6 is 0 Å². The molecule has 0 unspecified atom stereocenters. The highest BCUT2D eigenvalue weighted by Crippen LogP contribution is 2.25. The highest BCUT2D eigenvalue weighted by atomic mass is 32.2. The highest BCUT2D eigenvalue weighted by Gasteiger charge is 2.14. The number of fused-ring (bicyclic) bond motifs is 1. The first kappa shape index (κ1) is 15.4. The molecule has 0 spiro atoms. The van der Waals surface area contributed by atoms with Crippen LogP contribution in [0.2, 0.25) is 0 Å². The predicted octanol–water partition coefficient (Wildman–Crippen LogP) is 1.40. The van der Waals surface area contributed by atoms with Crippen molar-refractivity contribution in [1.82, 2.24) is 19.7 Å². The molecule has 23 heavy (non-hydrogen) atoms. The van der Waals surface area contributed by atoms with E-state index in [0.717, 1.165) is 5.56 Å². The van der Waals surface area contributed by atoms with Crippen molar-refractivity contribution in [1.29, 1.82) is 0 Å². The van der Waals surface area contributed by atoms with Crippen molar-refractivity contribution < 1.29 is 8.42 Å². The SMILES string of the molecule is CN(Cc1cnn(C)c1)c1ncnc2ccc(S(C)(=O)=O)cc12. The molecule has 1 aromatic carbocycles. The first-order valence-electron chi connectivity index (χ1n) is 6.98. The Balaban J connectivity index is 2.05. The second kappa shape index (κ2) is 5.62. The molecule has 0 saturated heterocycles. The van der Waals surface area contributed by atoms with E-state index < -0.39 is 9.84 Å². The Kier molecular flexibility index (Phi) is 3.77. The third kappa shape index (κ3) is 3.16. The Hall–Kier alpha value is -2.48. The quantitative estimate of drug-likeness (QED) is 0.719. The summed E-state index contributed by atoms with van der Waals surface area (Å²) in [5.74, 6) is 0.685. The summed E-state index contributed by atoms with van der Waals surface area (Å²) in [5.41, 5.74) is 1.75. The zero-order valence-corrected chi connectivity index (χ0v) is 13.9. The molecule has 8 heteroatoms. The molecule has 0 atom stereocenters. The Morgan fingerprint density at radius 2 is 2.04 bits per heavy atom. The number of anilines is 1. The van der Waals surface area contributed by atoms with Crippen LogP contribution in [0.5, 0.6) is 0 Å². The van der Waals surface area contributed by atoms with E-state index in [4.69, 9.17) is 0 Å². The standard InChI is InChI=1S/C15H17N5O2S/c1-19(8-11-7-18-20(2)9-11)15-13-6-12(23(3,21)22)4-5-14(13)16-10-17-15/h4-7,9-10H,8H2,1-3H3. The first-order valence-corrected chi connectivity index (χ1v) is 8.87. The molecule has 7 nitrogen and oxygen atoms in total. The van der Waals surface area contributed by atoms with E-state index >= 15 is 0 Å². The zero-order chi connectivity index (χ0) is 16.6. The van der Waals surface area contributed by atoms with Crippen molar-refractivity contribution in [3.8, 4) is 0 Å². The fourth-order valence-corrected chi connectivity index (χ4v) is 3.11. The van der Waals surface area contributed by atoms with E-state index in [2.05, 4.69) is 15.1 Å². The summed E-state index contributed by atoms with van der Waals surface area (Å²) in [7, 11) is 0.488. The maximum absolute atomic E-state index is 11.8. The summed E-state index contributed by atoms with van der Waals surface area (Å²) in [6, 6.07) is 4.89. The van der Waals surface area contributed by atoms with Crippen LogP contribution in [0.3, 0.4) is 0 Å². The predicted molar refractivity (Wildman–Crippen MR) is 88.0 cm³/mol. The van der Waals surface area contributed by atoms with E-state index in [1.165, 1.54) is 12.6 Å². The molecule has 3 aromatic rings. The molecule has 0 N–H and O–H groups in total. The van der Waals surface area contributed by atoms with Crippen LogP contribution in [0.25, 0.3) is 10.9 Å². The molecule has 3 rings (SSSR count). The maximum Gasteiger partial charge on any atom is 0.175 e. The van der Waals surface area contributed by atoms with E-state index in [1.54, 1.807) is 29.1 Å². The molecule has 120 valence electrons. The van der Waals surface area contributed by atoms with Gasteiger partial charge in [-0.3, -0.25) is 4.68 Å². The Morgan fingerprint density at radius 3 is 2.70 bits per heavy atom. The number of sulfone groups is 1. The number of hydrogen-bond acceptors (Lipinski definition) is 6. The normalized spacial score (nSPS) is 11.8. The summed E-state index contributed by atoms with van der Waals surface area (Å²) in [6.45, 7) is 0.614. The van der Waals surface area contributed by atoms with Crippen molar-refractivity contribution in [3.63, 3.8) is 0 Å². The molecule has 0 radical (unpaired) electrons. The fraction of sp³-hybridized carbons (Fsp3) is 0.267. The van der Waals surface area contributed by atoms with E-state index in [1.807, 2.05) is 25.2 Å². The molecule has 2 aromatic heterocycles. The van der Waals surface area contributed by atoms with Gasteiger partial charge in [0.25, 0.3) is 0 Å². The van der Waals surface area contributed by atoms with Gasteiger partial charge < -0.3 is 4.90 Å². The van der Waals surface area contributed by atoms with Gasteiger partial charge in [0.2, 0.25) is 0 Å². The van der Waals surface area contributed by atoms with Crippen LogP contribution in [0.4, 0.5) is 5.82 Å². The lowest BCUT2D eigenvalue weighted by molar-refractivity contribution is 0.602. The number of aromatic nitrogens is 4. The molecule has 0 bridgehead atoms. The van der Waals surface area contributed by atoms with Gasteiger partial charge in [0.05, 0.1) is 16.6 Å². The van der Waals surface area contributed by atoms with Gasteiger partial charge in [-0.05, 0) is 18.2 Å². The van der Waals surface area contributed by atoms with E-state index in [0.29, 0.717) is 23.3 Å².